The van der Waals surface area contributed by atoms with Gasteiger partial charge in [0.2, 0.25) is 0 Å². The van der Waals surface area contributed by atoms with Crippen molar-refractivity contribution in [1.29, 1.82) is 0 Å². The summed E-state index contributed by atoms with van der Waals surface area (Å²) in [7, 11) is 3.26. The quantitative estimate of drug-likeness (QED) is 0.330. The van der Waals surface area contributed by atoms with Crippen molar-refractivity contribution in [2.45, 2.75) is 51.9 Å². The molecule has 0 aliphatic heterocycles. The highest BCUT2D eigenvalue weighted by molar-refractivity contribution is 6.18. The largest absolute Gasteiger partial charge is 0.497 e. The van der Waals surface area contributed by atoms with Gasteiger partial charge in [0.15, 0.2) is 11.6 Å². The molecule has 0 spiro atoms. The lowest BCUT2D eigenvalue weighted by molar-refractivity contribution is -0.142. The molecule has 6 nitrogen and oxygen atoms in total. The second-order valence-corrected chi connectivity index (χ2v) is 13.1. The topological polar surface area (TPSA) is 78.9 Å². The summed E-state index contributed by atoms with van der Waals surface area (Å²) in [6.45, 7) is 3.90. The van der Waals surface area contributed by atoms with Gasteiger partial charge >= 0.3 is 5.97 Å². The maximum absolute atomic E-state index is 14.5. The van der Waals surface area contributed by atoms with E-state index in [1.54, 1.807) is 25.3 Å². The summed E-state index contributed by atoms with van der Waals surface area (Å²) in [5.41, 5.74) is 4.95. The molecule has 6 heteroatoms. The Morgan fingerprint density at radius 3 is 2.61 bits per heavy atom. The van der Waals surface area contributed by atoms with Crippen molar-refractivity contribution in [1.82, 2.24) is 0 Å². The van der Waals surface area contributed by atoms with E-state index in [2.05, 4.69) is 31.2 Å². The van der Waals surface area contributed by atoms with Crippen LogP contribution in [0, 0.1) is 40.9 Å². The fourth-order valence-electron chi connectivity index (χ4n) is 9.82. The minimum absolute atomic E-state index is 0.0140. The third-order valence-electron chi connectivity index (χ3n) is 11.4. The molecule has 2 aromatic rings. The number of fused-ring (bicyclic) bond motifs is 10. The van der Waals surface area contributed by atoms with E-state index in [1.807, 2.05) is 0 Å². The van der Waals surface area contributed by atoms with E-state index in [4.69, 9.17) is 14.2 Å². The van der Waals surface area contributed by atoms with Crippen LogP contribution in [-0.2, 0) is 16.0 Å². The zero-order valence-electron chi connectivity index (χ0n) is 24.3. The van der Waals surface area contributed by atoms with Crippen molar-refractivity contribution in [2.24, 2.45) is 40.9 Å². The number of methoxy groups -OCH3 is 2. The van der Waals surface area contributed by atoms with Crippen LogP contribution in [0.3, 0.4) is 0 Å². The zero-order chi connectivity index (χ0) is 28.6. The van der Waals surface area contributed by atoms with Crippen molar-refractivity contribution in [3.8, 4) is 11.5 Å². The Kier molecular flexibility index (Phi) is 6.18. The molecule has 0 bridgehead atoms. The number of hydrogen-bond acceptors (Lipinski definition) is 6. The van der Waals surface area contributed by atoms with Crippen molar-refractivity contribution in [3.05, 3.63) is 70.3 Å². The van der Waals surface area contributed by atoms with Crippen LogP contribution in [0.1, 0.15) is 77.3 Å². The molecular formula is C35H38O6. The molecule has 2 saturated carbocycles. The molecule has 2 aromatic carbocycles. The summed E-state index contributed by atoms with van der Waals surface area (Å²) < 4.78 is 16.6. The van der Waals surface area contributed by atoms with Crippen LogP contribution in [0.4, 0.5) is 0 Å². The predicted molar refractivity (Wildman–Crippen MR) is 153 cm³/mol. The fourth-order valence-corrected chi connectivity index (χ4v) is 9.82. The first kappa shape index (κ1) is 26.5. The Bertz CT molecular complexity index is 1490. The van der Waals surface area contributed by atoms with E-state index >= 15 is 0 Å². The Morgan fingerprint density at radius 1 is 1.02 bits per heavy atom. The average molecular weight is 555 g/mol. The molecule has 214 valence electrons. The summed E-state index contributed by atoms with van der Waals surface area (Å²) in [6, 6.07) is 11.9. The van der Waals surface area contributed by atoms with Crippen LogP contribution in [0.15, 0.2) is 48.0 Å². The number of ether oxygens (including phenoxy) is 3. The molecule has 7 rings (SSSR count). The van der Waals surface area contributed by atoms with E-state index in [-0.39, 0.29) is 41.4 Å². The van der Waals surface area contributed by atoms with Crippen LogP contribution in [0.5, 0.6) is 11.5 Å². The van der Waals surface area contributed by atoms with Crippen LogP contribution < -0.4 is 9.47 Å². The van der Waals surface area contributed by atoms with Gasteiger partial charge < -0.3 is 14.2 Å². The molecule has 5 aliphatic rings. The first-order valence-electron chi connectivity index (χ1n) is 15.0. The smallest absolute Gasteiger partial charge is 0.302 e. The summed E-state index contributed by atoms with van der Waals surface area (Å²) in [5.74, 6) is 1.12. The van der Waals surface area contributed by atoms with Crippen LogP contribution >= 0.6 is 0 Å². The Hall–Kier alpha value is -3.41. The maximum Gasteiger partial charge on any atom is 0.302 e. The number of esters is 1. The lowest BCUT2D eigenvalue weighted by atomic mass is 9.50. The van der Waals surface area contributed by atoms with Gasteiger partial charge in [-0.3, -0.25) is 14.4 Å². The molecule has 41 heavy (non-hydrogen) atoms. The van der Waals surface area contributed by atoms with Gasteiger partial charge in [-0.05, 0) is 90.5 Å². The van der Waals surface area contributed by atoms with Crippen molar-refractivity contribution in [2.75, 3.05) is 20.8 Å². The number of hydrogen-bond donors (Lipinski definition) is 0. The molecule has 0 radical (unpaired) electrons. The standard InChI is InChI=1S/C35H38O6/c1-18(36)41-17-21-14-20-16-27-25-10-8-19-15-22(39-3)9-11-23(19)24(25)12-13-35(27,2)32(20)31-29(21)34(38)30-26(33(31)37)6-5-7-28(30)40-4/h5-7,9,11,14-15,21,24-25,27,29,31-32H,8,10,12-13,16-17H2,1-4H3/t21?,24-,25-,27+,29?,31?,32?,35+/m1/s1. The Morgan fingerprint density at radius 2 is 1.85 bits per heavy atom. The summed E-state index contributed by atoms with van der Waals surface area (Å²) >= 11 is 0. The van der Waals surface area contributed by atoms with E-state index < -0.39 is 11.8 Å². The third kappa shape index (κ3) is 3.78. The molecule has 0 aromatic heterocycles. The van der Waals surface area contributed by atoms with Gasteiger partial charge in [-0.15, -0.1) is 0 Å². The highest BCUT2D eigenvalue weighted by atomic mass is 16.5. The average Bonchev–Trinajstić information content (AvgIpc) is 3.29. The molecule has 0 saturated heterocycles. The van der Waals surface area contributed by atoms with Gasteiger partial charge in [0, 0.05) is 30.2 Å². The lowest BCUT2D eigenvalue weighted by Crippen LogP contribution is -2.52. The number of ketones is 2. The van der Waals surface area contributed by atoms with Gasteiger partial charge in [-0.1, -0.05) is 36.8 Å². The molecule has 5 aliphatic carbocycles. The molecule has 8 atom stereocenters. The maximum atomic E-state index is 14.5. The highest BCUT2D eigenvalue weighted by Crippen LogP contribution is 2.68. The number of aryl methyl sites for hydroxylation is 1. The molecular weight excluding hydrogens is 516 g/mol. The molecule has 0 amide bonds. The molecule has 0 N–H and O–H groups in total. The van der Waals surface area contributed by atoms with Gasteiger partial charge in [-0.25, -0.2) is 0 Å². The lowest BCUT2D eigenvalue weighted by Gasteiger charge is -2.53. The molecule has 4 unspecified atom stereocenters. The summed E-state index contributed by atoms with van der Waals surface area (Å²) in [6.07, 6.45) is 7.44. The minimum Gasteiger partial charge on any atom is -0.497 e. The van der Waals surface area contributed by atoms with Gasteiger partial charge in [0.05, 0.1) is 26.4 Å². The number of carbonyl (C=O) groups excluding carboxylic acids is 3. The Labute approximate surface area is 241 Å². The first-order valence-corrected chi connectivity index (χ1v) is 15.0. The predicted octanol–water partition coefficient (Wildman–Crippen LogP) is 6.22. The number of benzene rings is 2. The van der Waals surface area contributed by atoms with Gasteiger partial charge in [0.1, 0.15) is 11.5 Å². The highest BCUT2D eigenvalue weighted by Gasteiger charge is 2.64. The fraction of sp³-hybridized carbons (Fsp3) is 0.514. The monoisotopic (exact) mass is 554 g/mol. The summed E-state index contributed by atoms with van der Waals surface area (Å²) in [4.78, 5) is 40.6. The van der Waals surface area contributed by atoms with E-state index in [0.29, 0.717) is 34.6 Å². The van der Waals surface area contributed by atoms with E-state index in [1.165, 1.54) is 30.7 Å². The minimum atomic E-state index is -0.563. The van der Waals surface area contributed by atoms with Crippen molar-refractivity contribution >= 4 is 17.5 Å². The second-order valence-electron chi connectivity index (χ2n) is 13.1. The summed E-state index contributed by atoms with van der Waals surface area (Å²) in [5, 5.41) is 0. The van der Waals surface area contributed by atoms with Crippen LogP contribution in [0.2, 0.25) is 0 Å². The molecule has 2 fully saturated rings. The van der Waals surface area contributed by atoms with Crippen molar-refractivity contribution < 1.29 is 28.6 Å². The van der Waals surface area contributed by atoms with Crippen LogP contribution in [-0.4, -0.2) is 38.4 Å². The van der Waals surface area contributed by atoms with Gasteiger partial charge in [0.25, 0.3) is 0 Å². The number of carbonyl (C=O) groups is 3. The Balaban J connectivity index is 1.31. The number of Topliss-reactive ketones (excluding diaryl/α,β-unsaturated/α-hetero) is 2. The van der Waals surface area contributed by atoms with E-state index in [9.17, 15) is 14.4 Å². The third-order valence-corrected chi connectivity index (χ3v) is 11.4. The first-order chi connectivity index (χ1) is 19.8. The second kappa shape index (κ2) is 9.57. The van der Waals surface area contributed by atoms with Gasteiger partial charge in [-0.2, -0.15) is 0 Å². The van der Waals surface area contributed by atoms with E-state index in [0.717, 1.165) is 37.9 Å². The normalized spacial score (nSPS) is 34.6. The SMILES string of the molecule is COc1ccc2c(c1)CC[C@@H]1[C@@H]2CC[C@]2(C)C3C(=CC(COC(C)=O)C4C(=O)c5c(OC)cccc5C(=O)C43)C[C@@H]12. The van der Waals surface area contributed by atoms with Crippen LogP contribution in [0.25, 0.3) is 0 Å². The number of rotatable bonds is 4. The number of allylic oxidation sites excluding steroid dienone is 1. The molecule has 0 heterocycles. The zero-order valence-corrected chi connectivity index (χ0v) is 24.3. The van der Waals surface area contributed by atoms with Crippen molar-refractivity contribution in [3.63, 3.8) is 0 Å².